The number of hydrogen-bond donors (Lipinski definition) is 1. The average Bonchev–Trinajstić information content (AvgIpc) is 3.14. The number of nitrogens with two attached hydrogens (primary N) is 1. The molecule has 2 N–H and O–H groups in total. The van der Waals surface area contributed by atoms with Gasteiger partial charge < -0.3 is 5.73 Å². The van der Waals surface area contributed by atoms with Crippen LogP contribution in [0, 0.1) is 0 Å². The predicted octanol–water partition coefficient (Wildman–Crippen LogP) is 4.67. The van der Waals surface area contributed by atoms with E-state index in [1.54, 1.807) is 22.7 Å². The summed E-state index contributed by atoms with van der Waals surface area (Å²) in [7, 11) is 0. The van der Waals surface area contributed by atoms with Gasteiger partial charge in [-0.3, -0.25) is 0 Å². The minimum absolute atomic E-state index is 0.754. The summed E-state index contributed by atoms with van der Waals surface area (Å²) in [6.07, 6.45) is 0. The molecule has 0 radical (unpaired) electrons. The summed E-state index contributed by atoms with van der Waals surface area (Å²) in [5.74, 6) is 0. The van der Waals surface area contributed by atoms with Crippen molar-refractivity contribution in [2.45, 2.75) is 0 Å². The van der Waals surface area contributed by atoms with E-state index in [-0.39, 0.29) is 0 Å². The first kappa shape index (κ1) is 12.5. The molecule has 0 aliphatic carbocycles. The van der Waals surface area contributed by atoms with Crippen molar-refractivity contribution in [1.82, 2.24) is 9.97 Å². The van der Waals surface area contributed by atoms with Gasteiger partial charge in [0, 0.05) is 16.6 Å². The molecule has 0 fully saturated rings. The minimum atomic E-state index is 0.754. The fourth-order valence-corrected chi connectivity index (χ4v) is 3.96. The van der Waals surface area contributed by atoms with Gasteiger partial charge in [-0.05, 0) is 24.3 Å². The van der Waals surface area contributed by atoms with Crippen LogP contribution in [0.3, 0.4) is 0 Å². The number of aromatic nitrogens is 2. The summed E-state index contributed by atoms with van der Waals surface area (Å²) in [4.78, 5) is 9.34. The number of thiazole rings is 2. The highest BCUT2D eigenvalue weighted by atomic mass is 32.1. The van der Waals surface area contributed by atoms with Crippen molar-refractivity contribution in [2.24, 2.45) is 0 Å². The van der Waals surface area contributed by atoms with E-state index in [2.05, 4.69) is 16.4 Å². The highest BCUT2D eigenvalue weighted by molar-refractivity contribution is 7.22. The molecule has 2 heterocycles. The van der Waals surface area contributed by atoms with Crippen molar-refractivity contribution in [3.8, 4) is 21.3 Å². The zero-order valence-corrected chi connectivity index (χ0v) is 12.6. The number of rotatable bonds is 2. The Morgan fingerprint density at radius 1 is 0.905 bits per heavy atom. The molecule has 0 bridgehead atoms. The Labute approximate surface area is 129 Å². The van der Waals surface area contributed by atoms with Gasteiger partial charge in [0.1, 0.15) is 15.7 Å². The number of nitrogen functional groups attached to an aromatic ring is 1. The molecule has 0 amide bonds. The van der Waals surface area contributed by atoms with Gasteiger partial charge in [-0.25, -0.2) is 9.97 Å². The van der Waals surface area contributed by atoms with E-state index in [4.69, 9.17) is 10.7 Å². The standard InChI is InChI=1S/C16H11N3S2/c17-11-5-3-4-10(8-11)15-19-13(9-20-15)16-18-12-6-1-2-7-14(12)21-16/h1-9H,17H2. The molecule has 102 valence electrons. The number of hydrogen-bond acceptors (Lipinski definition) is 5. The van der Waals surface area contributed by atoms with Gasteiger partial charge in [0.15, 0.2) is 0 Å². The SMILES string of the molecule is Nc1cccc(-c2nc(-c3nc4ccccc4s3)cs2)c1. The summed E-state index contributed by atoms with van der Waals surface area (Å²) in [5.41, 5.74) is 9.59. The van der Waals surface area contributed by atoms with Crippen LogP contribution in [0.2, 0.25) is 0 Å². The normalized spacial score (nSPS) is 11.0. The fourth-order valence-electron chi connectivity index (χ4n) is 2.16. The monoisotopic (exact) mass is 309 g/mol. The van der Waals surface area contributed by atoms with Crippen LogP contribution in [-0.2, 0) is 0 Å². The van der Waals surface area contributed by atoms with Gasteiger partial charge in [-0.1, -0.05) is 24.3 Å². The third-order valence-corrected chi connectivity index (χ3v) is 5.10. The van der Waals surface area contributed by atoms with Gasteiger partial charge in [0.05, 0.1) is 10.2 Å². The predicted molar refractivity (Wildman–Crippen MR) is 90.6 cm³/mol. The molecule has 4 rings (SSSR count). The Hall–Kier alpha value is -2.24. The second-order valence-corrected chi connectivity index (χ2v) is 6.54. The molecule has 3 nitrogen and oxygen atoms in total. The number of anilines is 1. The lowest BCUT2D eigenvalue weighted by molar-refractivity contribution is 1.37. The summed E-state index contributed by atoms with van der Waals surface area (Å²) >= 11 is 3.29. The van der Waals surface area contributed by atoms with Gasteiger partial charge in [0.25, 0.3) is 0 Å². The first-order valence-electron chi connectivity index (χ1n) is 6.47. The Morgan fingerprint density at radius 3 is 2.67 bits per heavy atom. The zero-order valence-electron chi connectivity index (χ0n) is 11.0. The summed E-state index contributed by atoms with van der Waals surface area (Å²) in [6.45, 7) is 0. The van der Waals surface area contributed by atoms with E-state index in [0.29, 0.717) is 0 Å². The second-order valence-electron chi connectivity index (χ2n) is 4.65. The van der Waals surface area contributed by atoms with Crippen molar-refractivity contribution in [1.29, 1.82) is 0 Å². The van der Waals surface area contributed by atoms with Crippen molar-refractivity contribution in [3.63, 3.8) is 0 Å². The lowest BCUT2D eigenvalue weighted by Crippen LogP contribution is -1.84. The van der Waals surface area contributed by atoms with Crippen molar-refractivity contribution in [3.05, 3.63) is 53.9 Å². The van der Waals surface area contributed by atoms with Gasteiger partial charge >= 0.3 is 0 Å². The van der Waals surface area contributed by atoms with E-state index in [1.165, 1.54) is 4.70 Å². The maximum Gasteiger partial charge on any atom is 0.144 e. The molecule has 0 unspecified atom stereocenters. The Bertz CT molecular complexity index is 891. The third-order valence-electron chi connectivity index (χ3n) is 3.15. The molecule has 0 aliphatic heterocycles. The molecule has 0 spiro atoms. The van der Waals surface area contributed by atoms with Crippen LogP contribution in [0.15, 0.2) is 53.9 Å². The van der Waals surface area contributed by atoms with Crippen molar-refractivity contribution in [2.75, 3.05) is 5.73 Å². The number of nitrogens with zero attached hydrogens (tertiary/aromatic N) is 2. The first-order valence-corrected chi connectivity index (χ1v) is 8.16. The summed E-state index contributed by atoms with van der Waals surface area (Å²) < 4.78 is 1.19. The van der Waals surface area contributed by atoms with Crippen molar-refractivity contribution >= 4 is 38.6 Å². The average molecular weight is 309 g/mol. The minimum Gasteiger partial charge on any atom is -0.399 e. The maximum atomic E-state index is 5.83. The van der Waals surface area contributed by atoms with E-state index in [9.17, 15) is 0 Å². The molecular formula is C16H11N3S2. The highest BCUT2D eigenvalue weighted by Gasteiger charge is 2.11. The Morgan fingerprint density at radius 2 is 1.81 bits per heavy atom. The quantitative estimate of drug-likeness (QED) is 0.547. The molecule has 5 heteroatoms. The lowest BCUT2D eigenvalue weighted by atomic mass is 10.2. The van der Waals surface area contributed by atoms with Gasteiger partial charge in [-0.2, -0.15) is 0 Å². The third kappa shape index (κ3) is 2.30. The first-order chi connectivity index (χ1) is 10.3. The van der Waals surface area contributed by atoms with Crippen LogP contribution in [0.5, 0.6) is 0 Å². The maximum absolute atomic E-state index is 5.83. The highest BCUT2D eigenvalue weighted by Crippen LogP contribution is 2.33. The summed E-state index contributed by atoms with van der Waals surface area (Å²) in [6, 6.07) is 15.9. The largest absolute Gasteiger partial charge is 0.399 e. The molecule has 0 aliphatic rings. The number of benzene rings is 2. The molecule has 2 aromatic carbocycles. The lowest BCUT2D eigenvalue weighted by Gasteiger charge is -1.97. The fraction of sp³-hybridized carbons (Fsp3) is 0. The molecule has 4 aromatic rings. The van der Waals surface area contributed by atoms with Crippen molar-refractivity contribution < 1.29 is 0 Å². The van der Waals surface area contributed by atoms with Crippen LogP contribution in [-0.4, -0.2) is 9.97 Å². The molecule has 0 atom stereocenters. The number of fused-ring (bicyclic) bond motifs is 1. The van der Waals surface area contributed by atoms with Crippen LogP contribution in [0.1, 0.15) is 0 Å². The number of para-hydroxylation sites is 1. The zero-order chi connectivity index (χ0) is 14.2. The van der Waals surface area contributed by atoms with Crippen LogP contribution >= 0.6 is 22.7 Å². The van der Waals surface area contributed by atoms with E-state index in [0.717, 1.165) is 32.5 Å². The van der Waals surface area contributed by atoms with E-state index in [1.807, 2.05) is 42.5 Å². The molecular weight excluding hydrogens is 298 g/mol. The molecule has 0 saturated carbocycles. The van der Waals surface area contributed by atoms with E-state index < -0.39 is 0 Å². The topological polar surface area (TPSA) is 51.8 Å². The Kier molecular flexibility index (Phi) is 2.94. The second kappa shape index (κ2) is 4.95. The van der Waals surface area contributed by atoms with Crippen LogP contribution in [0.25, 0.3) is 31.5 Å². The van der Waals surface area contributed by atoms with Crippen LogP contribution < -0.4 is 5.73 Å². The molecule has 2 aromatic heterocycles. The molecule has 0 saturated heterocycles. The van der Waals surface area contributed by atoms with Gasteiger partial charge in [0.2, 0.25) is 0 Å². The van der Waals surface area contributed by atoms with E-state index >= 15 is 0 Å². The van der Waals surface area contributed by atoms with Gasteiger partial charge in [-0.15, -0.1) is 22.7 Å². The smallest absolute Gasteiger partial charge is 0.144 e. The Balaban J connectivity index is 1.77. The molecule has 21 heavy (non-hydrogen) atoms. The summed E-state index contributed by atoms with van der Waals surface area (Å²) in [5, 5.41) is 3.98. The van der Waals surface area contributed by atoms with Crippen LogP contribution in [0.4, 0.5) is 5.69 Å².